The van der Waals surface area contributed by atoms with Gasteiger partial charge in [-0.25, -0.2) is 0 Å². The number of aliphatic hydroxyl groups excluding tert-OH is 2. The van der Waals surface area contributed by atoms with E-state index in [0.29, 0.717) is 11.1 Å². The van der Waals surface area contributed by atoms with Gasteiger partial charge in [0.25, 0.3) is 0 Å². The Kier molecular flexibility index (Phi) is 10.4. The summed E-state index contributed by atoms with van der Waals surface area (Å²) >= 11 is 1.06. The monoisotopic (exact) mass is 499 g/mol. The number of rotatable bonds is 4. The van der Waals surface area contributed by atoms with Crippen LogP contribution in [0.2, 0.25) is 0 Å². The van der Waals surface area contributed by atoms with Crippen molar-refractivity contribution in [1.29, 1.82) is 0 Å². The van der Waals surface area contributed by atoms with Gasteiger partial charge in [-0.15, -0.1) is 5.10 Å². The molecule has 4 N–H and O–H groups in total. The van der Waals surface area contributed by atoms with E-state index in [1.54, 1.807) is 30.3 Å². The normalized spacial score (nSPS) is 10.8. The molecule has 0 aliphatic rings. The molecule has 0 aliphatic heterocycles. The van der Waals surface area contributed by atoms with E-state index < -0.39 is 11.2 Å². The number of hydrogen-bond acceptors (Lipinski definition) is 8. The van der Waals surface area contributed by atoms with Crippen LogP contribution in [0, 0.1) is 0 Å². The predicted octanol–water partition coefficient (Wildman–Crippen LogP) is 3.60. The van der Waals surface area contributed by atoms with Gasteiger partial charge in [0.1, 0.15) is 24.4 Å². The third kappa shape index (κ3) is 7.24. The molecule has 0 bridgehead atoms. The molecule has 3 aromatic carbocycles. The van der Waals surface area contributed by atoms with Crippen LogP contribution in [-0.2, 0) is 27.6 Å². The van der Waals surface area contributed by atoms with Crippen molar-refractivity contribution in [3.8, 4) is 11.5 Å². The molecule has 4 rings (SSSR count). The van der Waals surface area contributed by atoms with E-state index in [-0.39, 0.29) is 24.0 Å². The zero-order chi connectivity index (χ0) is 24.9. The van der Waals surface area contributed by atoms with E-state index in [1.165, 1.54) is 6.21 Å². The van der Waals surface area contributed by atoms with Gasteiger partial charge in [0, 0.05) is 17.2 Å². The van der Waals surface area contributed by atoms with Crippen LogP contribution in [0.4, 0.5) is 0 Å². The molecule has 0 unspecified atom stereocenters. The maximum atomic E-state index is 10.6. The summed E-state index contributed by atoms with van der Waals surface area (Å²) in [6.45, 7) is -0.338. The van der Waals surface area contributed by atoms with Gasteiger partial charge in [-0.1, -0.05) is 48.5 Å². The van der Waals surface area contributed by atoms with E-state index >= 15 is 0 Å². The Balaban J connectivity index is 0.000000286. The maximum absolute atomic E-state index is 10.6. The van der Waals surface area contributed by atoms with E-state index in [4.69, 9.17) is 13.9 Å². The number of benzene rings is 3. The van der Waals surface area contributed by atoms with Crippen molar-refractivity contribution < 1.29 is 45.9 Å². The third-order valence-corrected chi connectivity index (χ3v) is 4.34. The molecule has 0 fully saturated rings. The van der Waals surface area contributed by atoms with Gasteiger partial charge >= 0.3 is 21.0 Å². The number of phenols is 1. The first kappa shape index (κ1) is 26.2. The van der Waals surface area contributed by atoms with E-state index in [2.05, 4.69) is 14.6 Å². The van der Waals surface area contributed by atoms with Gasteiger partial charge in [0.15, 0.2) is 5.75 Å². The Bertz CT molecular complexity index is 1340. The number of aromatic hydroxyl groups is 2. The molecule has 0 atom stereocenters. The van der Waals surface area contributed by atoms with Gasteiger partial charge in [0.2, 0.25) is 11.3 Å². The van der Waals surface area contributed by atoms with Crippen LogP contribution in [0.5, 0.6) is 11.5 Å². The molecule has 0 saturated heterocycles. The molecule has 1 heterocycles. The first-order valence-electron chi connectivity index (χ1n) is 9.65. The average Bonchev–Trinajstić information content (AvgIpc) is 2.89. The van der Waals surface area contributed by atoms with Crippen LogP contribution in [0.25, 0.3) is 10.8 Å². The Morgan fingerprint density at radius 3 is 2.29 bits per heavy atom. The summed E-state index contributed by atoms with van der Waals surface area (Å²) in [5.41, 5.74) is 0.611. The van der Waals surface area contributed by atoms with Crippen molar-refractivity contribution in [3.05, 3.63) is 106 Å². The zero-order valence-corrected chi connectivity index (χ0v) is 19.0. The summed E-state index contributed by atoms with van der Waals surface area (Å²) in [5.74, 6) is -0.353. The van der Waals surface area contributed by atoms with Crippen molar-refractivity contribution in [1.82, 2.24) is 0 Å². The van der Waals surface area contributed by atoms with Gasteiger partial charge in [0.05, 0.1) is 6.21 Å². The summed E-state index contributed by atoms with van der Waals surface area (Å²) in [4.78, 5) is 10.6. The minimum atomic E-state index is -0.546. The van der Waals surface area contributed by atoms with E-state index in [0.717, 1.165) is 40.5 Å². The fourth-order valence-corrected chi connectivity index (χ4v) is 2.73. The molecule has 0 aliphatic carbocycles. The second-order valence-corrected chi connectivity index (χ2v) is 6.51. The Morgan fingerprint density at radius 2 is 1.62 bits per heavy atom. The van der Waals surface area contributed by atoms with Crippen molar-refractivity contribution in [3.63, 3.8) is 0 Å². The van der Waals surface area contributed by atoms with Crippen LogP contribution in [0.3, 0.4) is 0 Å². The van der Waals surface area contributed by atoms with Crippen molar-refractivity contribution in [2.24, 2.45) is 10.2 Å². The molecule has 9 nitrogen and oxygen atoms in total. The summed E-state index contributed by atoms with van der Waals surface area (Å²) in [6, 6.07) is 21.1. The first-order chi connectivity index (χ1) is 16.5. The second kappa shape index (κ2) is 13.5. The van der Waals surface area contributed by atoms with Crippen molar-refractivity contribution in [2.45, 2.75) is 6.61 Å². The number of nitrogens with zero attached hydrogens (tertiary/aromatic N) is 2. The average molecular weight is 499 g/mol. The van der Waals surface area contributed by atoms with Gasteiger partial charge in [-0.3, -0.25) is 4.79 Å². The van der Waals surface area contributed by atoms with Crippen LogP contribution in [-0.4, -0.2) is 32.5 Å². The molecule has 0 saturated carbocycles. The number of hydrogen-bond donors (Lipinski definition) is 4. The summed E-state index contributed by atoms with van der Waals surface area (Å²) in [6.07, 6.45) is 2.34. The Morgan fingerprint density at radius 1 is 0.941 bits per heavy atom. The van der Waals surface area contributed by atoms with Gasteiger partial charge in [-0.2, -0.15) is 5.10 Å². The summed E-state index contributed by atoms with van der Waals surface area (Å²) in [5, 5.41) is 46.5. The molecule has 0 spiro atoms. The van der Waals surface area contributed by atoms with Crippen LogP contribution < -0.4 is 5.43 Å². The van der Waals surface area contributed by atoms with E-state index in [1.807, 2.05) is 36.4 Å². The van der Waals surface area contributed by atoms with Crippen molar-refractivity contribution >= 4 is 22.9 Å². The molecular formula is C24H20N2O7V. The second-order valence-electron chi connectivity index (χ2n) is 6.51. The fraction of sp³-hybridized carbons (Fsp3) is 0.0417. The fourth-order valence-electron chi connectivity index (χ4n) is 2.73. The molecule has 1 aromatic heterocycles. The summed E-state index contributed by atoms with van der Waals surface area (Å²) in [7, 11) is 0. The van der Waals surface area contributed by atoms with Gasteiger partial charge in [-0.05, 0) is 29.0 Å². The predicted molar refractivity (Wildman–Crippen MR) is 122 cm³/mol. The molecule has 0 amide bonds. The van der Waals surface area contributed by atoms with Gasteiger partial charge < -0.3 is 24.8 Å². The molecule has 34 heavy (non-hydrogen) atoms. The van der Waals surface area contributed by atoms with Crippen LogP contribution in [0.1, 0.15) is 16.9 Å². The Labute approximate surface area is 203 Å². The molecule has 0 radical (unpaired) electrons. The van der Waals surface area contributed by atoms with E-state index in [9.17, 15) is 15.0 Å². The third-order valence-electron chi connectivity index (χ3n) is 4.34. The molecule has 10 heteroatoms. The molecule has 4 aromatic rings. The Hall–Kier alpha value is -4.05. The molecular weight excluding hydrogens is 479 g/mol. The standard InChI is InChI=1S/C18H14N2O2.C6H6O4.O.V/c21-17-11-10-13-6-4-5-9-15(13)16(17)12-19-20-18(22)14-7-2-1-3-8-14;7-2-4-1-5(8)6(9)3-10-4;;/h1-12,21H,(H,20,22);1,3,7,9H,2H2;;/b19-12+;;;. The summed E-state index contributed by atoms with van der Waals surface area (Å²) < 4.78 is 12.8. The number of aliphatic hydroxyl groups is 2. The topological polar surface area (TPSA) is 153 Å². The SMILES string of the molecule is O/C(=N\N=C\c1c(O)ccc2ccccc12)c1ccccc1.O=c1cc(CO)occ1O.[O]=[V]. The first-order valence-corrected chi connectivity index (χ1v) is 10.2. The number of phenolic OH excluding ortho intramolecular Hbond substituents is 1. The van der Waals surface area contributed by atoms with Crippen LogP contribution in [0.15, 0.2) is 98.5 Å². The zero-order valence-electron chi connectivity index (χ0n) is 17.6. The number of fused-ring (bicyclic) bond motifs is 1. The minimum absolute atomic E-state index is 0.122. The van der Waals surface area contributed by atoms with Crippen LogP contribution >= 0.6 is 0 Å². The quantitative estimate of drug-likeness (QED) is 0.190. The van der Waals surface area contributed by atoms with Crippen molar-refractivity contribution in [2.75, 3.05) is 0 Å². The molecule has 173 valence electrons.